The molecule has 0 saturated heterocycles. The molecule has 0 aliphatic carbocycles. The van der Waals surface area contributed by atoms with Gasteiger partial charge >= 0.3 is 5.97 Å². The summed E-state index contributed by atoms with van der Waals surface area (Å²) in [5, 5.41) is 9.40. The zero-order valence-corrected chi connectivity index (χ0v) is 16.2. The first-order valence-corrected chi connectivity index (χ1v) is 9.03. The number of allylic oxidation sites excluding steroid dienone is 1. The molecule has 0 saturated carbocycles. The number of hydrogen-bond acceptors (Lipinski definition) is 5. The van der Waals surface area contributed by atoms with Crippen LogP contribution in [0.2, 0.25) is 0 Å². The molecule has 0 N–H and O–H groups in total. The van der Waals surface area contributed by atoms with Crippen LogP contribution in [0, 0.1) is 17.1 Å². The maximum Gasteiger partial charge on any atom is 0.349 e. The van der Waals surface area contributed by atoms with E-state index in [0.29, 0.717) is 17.1 Å². The van der Waals surface area contributed by atoms with Gasteiger partial charge in [-0.3, -0.25) is 0 Å². The molecule has 0 heterocycles. The molecule has 0 aromatic heterocycles. The summed E-state index contributed by atoms with van der Waals surface area (Å²) in [5.41, 5.74) is 0.959. The highest BCUT2D eigenvalue weighted by Crippen LogP contribution is 2.23. The van der Waals surface area contributed by atoms with Crippen molar-refractivity contribution in [3.05, 3.63) is 89.7 Å². The number of carbonyl (C=O) groups excluding carboxylic acids is 1. The van der Waals surface area contributed by atoms with E-state index in [1.165, 1.54) is 18.2 Å². The lowest BCUT2D eigenvalue weighted by Gasteiger charge is -2.08. The Bertz CT molecular complexity index is 1120. The van der Waals surface area contributed by atoms with Crippen LogP contribution in [-0.4, -0.2) is 19.7 Å². The minimum absolute atomic E-state index is 0.165. The first-order valence-electron chi connectivity index (χ1n) is 9.03. The topological polar surface area (TPSA) is 68.6 Å². The minimum atomic E-state index is -0.589. The van der Waals surface area contributed by atoms with E-state index < -0.39 is 11.8 Å². The monoisotopic (exact) mass is 403 g/mol. The fraction of sp³-hybridized carbons (Fsp3) is 0.0833. The summed E-state index contributed by atoms with van der Waals surface area (Å²) in [5.74, 6) is 0.306. The number of halogens is 1. The smallest absolute Gasteiger partial charge is 0.349 e. The van der Waals surface area contributed by atoms with Gasteiger partial charge in [-0.25, -0.2) is 9.18 Å². The van der Waals surface area contributed by atoms with Crippen molar-refractivity contribution in [2.24, 2.45) is 0 Å². The molecular weight excluding hydrogens is 385 g/mol. The lowest BCUT2D eigenvalue weighted by Crippen LogP contribution is -2.17. The third kappa shape index (κ3) is 5.46. The average Bonchev–Trinajstić information content (AvgIpc) is 2.77. The summed E-state index contributed by atoms with van der Waals surface area (Å²) in [6.45, 7) is -0.286. The first-order chi connectivity index (χ1) is 14.6. The van der Waals surface area contributed by atoms with E-state index in [-0.39, 0.29) is 23.5 Å². The molecule has 0 atom stereocenters. The normalized spacial score (nSPS) is 10.8. The van der Waals surface area contributed by atoms with Gasteiger partial charge < -0.3 is 14.2 Å². The molecule has 3 aromatic rings. The fourth-order valence-corrected chi connectivity index (χ4v) is 2.68. The van der Waals surface area contributed by atoms with Crippen LogP contribution in [0.15, 0.2) is 72.8 Å². The fourth-order valence-electron chi connectivity index (χ4n) is 2.68. The molecule has 3 aromatic carbocycles. The number of methoxy groups -OCH3 is 1. The van der Waals surface area contributed by atoms with Crippen molar-refractivity contribution in [2.45, 2.75) is 0 Å². The van der Waals surface area contributed by atoms with Crippen LogP contribution in [0.1, 0.15) is 11.1 Å². The molecule has 0 bridgehead atoms. The second kappa shape index (κ2) is 9.89. The maximum atomic E-state index is 14.0. The molecule has 0 spiro atoms. The quantitative estimate of drug-likeness (QED) is 0.243. The van der Waals surface area contributed by atoms with Crippen molar-refractivity contribution in [1.29, 1.82) is 5.26 Å². The SMILES string of the molecule is COc1cccc(OCC(=O)Oc2cccc(/C=C(/C#N)c3ccccc3F)c2)c1. The van der Waals surface area contributed by atoms with Gasteiger partial charge in [0.25, 0.3) is 0 Å². The second-order valence-electron chi connectivity index (χ2n) is 6.16. The number of rotatable bonds is 7. The lowest BCUT2D eigenvalue weighted by molar-refractivity contribution is -0.136. The Morgan fingerprint density at radius 2 is 1.73 bits per heavy atom. The van der Waals surface area contributed by atoms with Crippen molar-refractivity contribution in [3.8, 4) is 23.3 Å². The summed E-state index contributed by atoms with van der Waals surface area (Å²) in [6, 6.07) is 21.5. The van der Waals surface area contributed by atoms with Gasteiger partial charge in [0, 0.05) is 11.6 Å². The third-order valence-electron chi connectivity index (χ3n) is 4.08. The van der Waals surface area contributed by atoms with Crippen LogP contribution in [0.25, 0.3) is 11.6 Å². The third-order valence-corrected chi connectivity index (χ3v) is 4.08. The summed E-state index contributed by atoms with van der Waals surface area (Å²) in [7, 11) is 1.54. The van der Waals surface area contributed by atoms with Gasteiger partial charge in [-0.2, -0.15) is 5.26 Å². The molecule has 0 aliphatic heterocycles. The van der Waals surface area contributed by atoms with Crippen LogP contribution in [0.3, 0.4) is 0 Å². The summed E-state index contributed by atoms with van der Waals surface area (Å²) >= 11 is 0. The van der Waals surface area contributed by atoms with Crippen molar-refractivity contribution in [2.75, 3.05) is 13.7 Å². The molecule has 0 radical (unpaired) electrons. The first kappa shape index (κ1) is 20.6. The highest BCUT2D eigenvalue weighted by atomic mass is 19.1. The van der Waals surface area contributed by atoms with Crippen LogP contribution in [-0.2, 0) is 4.79 Å². The van der Waals surface area contributed by atoms with Gasteiger partial charge in [0.15, 0.2) is 6.61 Å². The Morgan fingerprint density at radius 3 is 2.50 bits per heavy atom. The highest BCUT2D eigenvalue weighted by Gasteiger charge is 2.09. The Morgan fingerprint density at radius 1 is 1.00 bits per heavy atom. The van der Waals surface area contributed by atoms with Gasteiger partial charge in [0.2, 0.25) is 0 Å². The predicted molar refractivity (Wildman–Crippen MR) is 110 cm³/mol. The second-order valence-corrected chi connectivity index (χ2v) is 6.16. The molecule has 0 unspecified atom stereocenters. The number of hydrogen-bond donors (Lipinski definition) is 0. The number of esters is 1. The van der Waals surface area contributed by atoms with Gasteiger partial charge in [-0.1, -0.05) is 36.4 Å². The molecule has 6 heteroatoms. The largest absolute Gasteiger partial charge is 0.497 e. The summed E-state index contributed by atoms with van der Waals surface area (Å²) in [4.78, 5) is 12.1. The van der Waals surface area contributed by atoms with E-state index in [2.05, 4.69) is 0 Å². The van der Waals surface area contributed by atoms with E-state index in [1.54, 1.807) is 67.8 Å². The van der Waals surface area contributed by atoms with Gasteiger partial charge in [-0.05, 0) is 42.0 Å². The minimum Gasteiger partial charge on any atom is -0.497 e. The Hall–Kier alpha value is -4.11. The van der Waals surface area contributed by atoms with Crippen LogP contribution in [0.4, 0.5) is 4.39 Å². The molecule has 0 aliphatic rings. The van der Waals surface area contributed by atoms with E-state index in [4.69, 9.17) is 14.2 Å². The highest BCUT2D eigenvalue weighted by molar-refractivity contribution is 5.90. The number of benzene rings is 3. The van der Waals surface area contributed by atoms with Crippen LogP contribution < -0.4 is 14.2 Å². The Labute approximate surface area is 173 Å². The van der Waals surface area contributed by atoms with E-state index in [9.17, 15) is 14.4 Å². The zero-order valence-electron chi connectivity index (χ0n) is 16.2. The van der Waals surface area contributed by atoms with Crippen molar-refractivity contribution in [3.63, 3.8) is 0 Å². The van der Waals surface area contributed by atoms with Crippen LogP contribution >= 0.6 is 0 Å². The number of nitriles is 1. The lowest BCUT2D eigenvalue weighted by atomic mass is 10.0. The molecular formula is C24H18FNO4. The Kier molecular flexibility index (Phi) is 6.80. The zero-order chi connectivity index (χ0) is 21.3. The van der Waals surface area contributed by atoms with Crippen LogP contribution in [0.5, 0.6) is 17.2 Å². The predicted octanol–water partition coefficient (Wildman–Crippen LogP) is 4.88. The maximum absolute atomic E-state index is 14.0. The standard InChI is InChI=1S/C24H18FNO4/c1-28-19-7-5-8-20(14-19)29-16-24(27)30-21-9-4-6-17(13-21)12-18(15-26)22-10-2-3-11-23(22)25/h2-14H,16H2,1H3/b18-12-. The Balaban J connectivity index is 1.68. The van der Waals surface area contributed by atoms with E-state index in [0.717, 1.165) is 0 Å². The van der Waals surface area contributed by atoms with E-state index >= 15 is 0 Å². The molecule has 5 nitrogen and oxygen atoms in total. The number of nitrogens with zero attached hydrogens (tertiary/aromatic N) is 1. The number of ether oxygens (including phenoxy) is 3. The average molecular weight is 403 g/mol. The molecule has 30 heavy (non-hydrogen) atoms. The molecule has 150 valence electrons. The molecule has 0 amide bonds. The van der Waals surface area contributed by atoms with Gasteiger partial charge in [0.1, 0.15) is 23.1 Å². The van der Waals surface area contributed by atoms with E-state index in [1.807, 2.05) is 6.07 Å². The van der Waals surface area contributed by atoms with Crippen molar-refractivity contribution in [1.82, 2.24) is 0 Å². The van der Waals surface area contributed by atoms with Gasteiger partial charge in [-0.15, -0.1) is 0 Å². The summed E-state index contributed by atoms with van der Waals surface area (Å²) in [6.07, 6.45) is 1.53. The number of carbonyl (C=O) groups is 1. The van der Waals surface area contributed by atoms with Crippen molar-refractivity contribution < 1.29 is 23.4 Å². The molecule has 3 rings (SSSR count). The van der Waals surface area contributed by atoms with Crippen molar-refractivity contribution >= 4 is 17.6 Å². The molecule has 0 fully saturated rings. The summed E-state index contributed by atoms with van der Waals surface area (Å²) < 4.78 is 29.8. The van der Waals surface area contributed by atoms with Gasteiger partial charge in [0.05, 0.1) is 18.8 Å².